The Kier molecular flexibility index (Phi) is 6.42. The highest BCUT2D eigenvalue weighted by molar-refractivity contribution is 5.76. The molecular formula is C24H27N3O3. The van der Waals surface area contributed by atoms with Gasteiger partial charge in [-0.2, -0.15) is 4.98 Å². The Bertz CT molecular complexity index is 971. The van der Waals surface area contributed by atoms with Crippen molar-refractivity contribution in [2.24, 2.45) is 5.92 Å². The Morgan fingerprint density at radius 2 is 1.97 bits per heavy atom. The summed E-state index contributed by atoms with van der Waals surface area (Å²) in [5, 5.41) is 4.05. The number of hydrogen-bond donors (Lipinski definition) is 0. The normalized spacial score (nSPS) is 16.4. The number of para-hydroxylation sites is 1. The van der Waals surface area contributed by atoms with Crippen LogP contribution in [0.2, 0.25) is 0 Å². The summed E-state index contributed by atoms with van der Waals surface area (Å²) in [4.78, 5) is 19.2. The largest absolute Gasteiger partial charge is 0.496 e. The molecule has 1 fully saturated rings. The van der Waals surface area contributed by atoms with Crippen molar-refractivity contribution in [2.75, 3.05) is 20.2 Å². The molecule has 0 radical (unpaired) electrons. The van der Waals surface area contributed by atoms with Crippen molar-refractivity contribution in [1.29, 1.82) is 0 Å². The second-order valence-electron chi connectivity index (χ2n) is 7.75. The maximum Gasteiger partial charge on any atom is 0.227 e. The molecule has 1 unspecified atom stereocenters. The molecule has 1 aliphatic heterocycles. The van der Waals surface area contributed by atoms with Gasteiger partial charge in [0.2, 0.25) is 17.6 Å². The van der Waals surface area contributed by atoms with Crippen molar-refractivity contribution >= 4 is 5.91 Å². The Balaban J connectivity index is 1.32. The maximum atomic E-state index is 12.8. The third kappa shape index (κ3) is 4.87. The Labute approximate surface area is 176 Å². The lowest BCUT2D eigenvalue weighted by Gasteiger charge is -2.33. The molecule has 1 atom stereocenters. The number of likely N-dealkylation sites (tertiary alicyclic amines) is 1. The Morgan fingerprint density at radius 1 is 1.17 bits per heavy atom. The molecule has 3 aromatic rings. The number of piperidine rings is 1. The van der Waals surface area contributed by atoms with Gasteiger partial charge in [-0.05, 0) is 42.9 Å². The monoisotopic (exact) mass is 405 g/mol. The van der Waals surface area contributed by atoms with Crippen molar-refractivity contribution in [2.45, 2.75) is 32.1 Å². The minimum Gasteiger partial charge on any atom is -0.496 e. The van der Waals surface area contributed by atoms with Gasteiger partial charge in [-0.25, -0.2) is 0 Å². The number of aromatic nitrogens is 2. The van der Waals surface area contributed by atoms with Crippen LogP contribution in [-0.2, 0) is 17.6 Å². The number of ether oxygens (including phenoxy) is 1. The van der Waals surface area contributed by atoms with E-state index in [4.69, 9.17) is 9.26 Å². The molecule has 2 aromatic carbocycles. The number of carbonyl (C=O) groups is 1. The van der Waals surface area contributed by atoms with Crippen molar-refractivity contribution in [3.8, 4) is 17.1 Å². The van der Waals surface area contributed by atoms with Crippen LogP contribution in [0.1, 0.15) is 30.7 Å². The molecular weight excluding hydrogens is 378 g/mol. The number of carbonyl (C=O) groups excluding carboxylic acids is 1. The van der Waals surface area contributed by atoms with Gasteiger partial charge in [0.1, 0.15) is 5.75 Å². The molecule has 1 amide bonds. The zero-order valence-electron chi connectivity index (χ0n) is 17.3. The SMILES string of the molecule is COc1ccccc1-c1noc(CCC(=O)N2CCCC(Cc3ccccc3)C2)n1. The Morgan fingerprint density at radius 3 is 2.80 bits per heavy atom. The number of methoxy groups -OCH3 is 1. The van der Waals surface area contributed by atoms with Gasteiger partial charge in [0, 0.05) is 25.9 Å². The standard InChI is InChI=1S/C24H27N3O3/c1-29-21-12-6-5-11-20(21)24-25-22(30-26-24)13-14-23(28)27-15-7-10-19(17-27)16-18-8-3-2-4-9-18/h2-6,8-9,11-12,19H,7,10,13-17H2,1H3. The first-order valence-electron chi connectivity index (χ1n) is 10.5. The molecule has 0 N–H and O–H groups in total. The summed E-state index contributed by atoms with van der Waals surface area (Å²) in [6.45, 7) is 1.66. The second kappa shape index (κ2) is 9.57. The molecule has 0 saturated carbocycles. The fraction of sp³-hybridized carbons (Fsp3) is 0.375. The van der Waals surface area contributed by atoms with E-state index in [0.29, 0.717) is 36.2 Å². The minimum atomic E-state index is 0.157. The average molecular weight is 405 g/mol. The van der Waals surface area contributed by atoms with Crippen LogP contribution in [0.5, 0.6) is 5.75 Å². The maximum absolute atomic E-state index is 12.8. The predicted molar refractivity (Wildman–Crippen MR) is 114 cm³/mol. The third-order valence-corrected chi connectivity index (χ3v) is 5.61. The van der Waals surface area contributed by atoms with Gasteiger partial charge >= 0.3 is 0 Å². The van der Waals surface area contributed by atoms with Crippen LogP contribution >= 0.6 is 0 Å². The third-order valence-electron chi connectivity index (χ3n) is 5.61. The van der Waals surface area contributed by atoms with Crippen LogP contribution in [0.3, 0.4) is 0 Å². The first kappa shape index (κ1) is 20.1. The van der Waals surface area contributed by atoms with Crippen molar-refractivity contribution in [3.05, 3.63) is 66.1 Å². The zero-order chi connectivity index (χ0) is 20.8. The summed E-state index contributed by atoms with van der Waals surface area (Å²) >= 11 is 0. The van der Waals surface area contributed by atoms with Crippen molar-refractivity contribution in [3.63, 3.8) is 0 Å². The number of hydrogen-bond acceptors (Lipinski definition) is 5. The van der Waals surface area contributed by atoms with E-state index in [1.165, 1.54) is 12.0 Å². The molecule has 6 heteroatoms. The lowest BCUT2D eigenvalue weighted by molar-refractivity contribution is -0.133. The second-order valence-corrected chi connectivity index (χ2v) is 7.75. The summed E-state index contributed by atoms with van der Waals surface area (Å²) in [6.07, 6.45) is 4.08. The Hall–Kier alpha value is -3.15. The van der Waals surface area contributed by atoms with Crippen LogP contribution in [0.4, 0.5) is 0 Å². The highest BCUT2D eigenvalue weighted by atomic mass is 16.5. The topological polar surface area (TPSA) is 68.5 Å². The summed E-state index contributed by atoms with van der Waals surface area (Å²) in [6, 6.07) is 18.1. The number of aryl methyl sites for hydroxylation is 1. The average Bonchev–Trinajstić information content (AvgIpc) is 3.27. The summed E-state index contributed by atoms with van der Waals surface area (Å²) in [7, 11) is 1.61. The van der Waals surface area contributed by atoms with E-state index in [2.05, 4.69) is 34.4 Å². The van der Waals surface area contributed by atoms with Gasteiger partial charge in [0.15, 0.2) is 0 Å². The number of nitrogens with zero attached hydrogens (tertiary/aromatic N) is 3. The summed E-state index contributed by atoms with van der Waals surface area (Å²) < 4.78 is 10.7. The number of rotatable bonds is 7. The zero-order valence-corrected chi connectivity index (χ0v) is 17.3. The number of amides is 1. The number of benzene rings is 2. The predicted octanol–water partition coefficient (Wildman–Crippen LogP) is 4.16. The fourth-order valence-corrected chi connectivity index (χ4v) is 4.07. The highest BCUT2D eigenvalue weighted by Gasteiger charge is 2.24. The molecule has 30 heavy (non-hydrogen) atoms. The molecule has 4 rings (SSSR count). The molecule has 156 valence electrons. The van der Waals surface area contributed by atoms with E-state index >= 15 is 0 Å². The smallest absolute Gasteiger partial charge is 0.227 e. The van der Waals surface area contributed by atoms with Crippen LogP contribution < -0.4 is 4.74 Å². The van der Waals surface area contributed by atoms with Crippen molar-refractivity contribution in [1.82, 2.24) is 15.0 Å². The molecule has 1 aliphatic rings. The molecule has 6 nitrogen and oxygen atoms in total. The van der Waals surface area contributed by atoms with Crippen molar-refractivity contribution < 1.29 is 14.1 Å². The molecule has 2 heterocycles. The first-order chi connectivity index (χ1) is 14.7. The van der Waals surface area contributed by atoms with Crippen LogP contribution in [-0.4, -0.2) is 41.1 Å². The van der Waals surface area contributed by atoms with Crippen LogP contribution in [0.25, 0.3) is 11.4 Å². The molecule has 0 aliphatic carbocycles. The van der Waals surface area contributed by atoms with Crippen LogP contribution in [0, 0.1) is 5.92 Å². The van der Waals surface area contributed by atoms with Gasteiger partial charge in [-0.1, -0.05) is 47.6 Å². The minimum absolute atomic E-state index is 0.157. The molecule has 0 bridgehead atoms. The molecule has 0 spiro atoms. The van der Waals surface area contributed by atoms with Gasteiger partial charge in [-0.15, -0.1) is 0 Å². The van der Waals surface area contributed by atoms with Gasteiger partial charge in [0.25, 0.3) is 0 Å². The van der Waals surface area contributed by atoms with Gasteiger partial charge < -0.3 is 14.2 Å². The van der Waals surface area contributed by atoms with E-state index in [1.54, 1.807) is 7.11 Å². The van der Waals surface area contributed by atoms with Gasteiger partial charge in [-0.3, -0.25) is 4.79 Å². The quantitative estimate of drug-likeness (QED) is 0.590. The summed E-state index contributed by atoms with van der Waals surface area (Å²) in [5.74, 6) is 2.33. The summed E-state index contributed by atoms with van der Waals surface area (Å²) in [5.41, 5.74) is 2.12. The lowest BCUT2D eigenvalue weighted by atomic mass is 9.91. The fourth-order valence-electron chi connectivity index (χ4n) is 4.07. The van der Waals surface area contributed by atoms with Gasteiger partial charge in [0.05, 0.1) is 12.7 Å². The van der Waals surface area contributed by atoms with E-state index in [-0.39, 0.29) is 5.91 Å². The van der Waals surface area contributed by atoms with E-state index in [1.807, 2.05) is 35.2 Å². The lowest BCUT2D eigenvalue weighted by Crippen LogP contribution is -2.40. The van der Waals surface area contributed by atoms with E-state index in [9.17, 15) is 4.79 Å². The van der Waals surface area contributed by atoms with E-state index < -0.39 is 0 Å². The van der Waals surface area contributed by atoms with Crippen LogP contribution in [0.15, 0.2) is 59.1 Å². The highest BCUT2D eigenvalue weighted by Crippen LogP contribution is 2.27. The molecule has 1 saturated heterocycles. The van der Waals surface area contributed by atoms with E-state index in [0.717, 1.165) is 31.5 Å². The first-order valence-corrected chi connectivity index (χ1v) is 10.5. The molecule has 1 aromatic heterocycles.